The number of fused-ring (bicyclic) bond motifs is 1. The van der Waals surface area contributed by atoms with Crippen LogP contribution in [0.25, 0.3) is 16.8 Å². The molecule has 3 aromatic carbocycles. The van der Waals surface area contributed by atoms with Crippen LogP contribution in [0.15, 0.2) is 72.8 Å². The van der Waals surface area contributed by atoms with Crippen LogP contribution >= 0.6 is 11.6 Å². The largest absolute Gasteiger partial charge is 0.422 e. The number of hydrogen-bond acceptors (Lipinski definition) is 2. The fraction of sp³-hybridized carbons (Fsp3) is 0.0500. The summed E-state index contributed by atoms with van der Waals surface area (Å²) in [6, 6.07) is 20.6. The number of benzene rings is 3. The van der Waals surface area contributed by atoms with Crippen LogP contribution in [-0.2, 0) is 0 Å². The Hall–Kier alpha value is -2.58. The Balaban J connectivity index is 1.99. The molecule has 0 fully saturated rings. The number of halogens is 1. The molecule has 0 aliphatic rings. The van der Waals surface area contributed by atoms with E-state index in [0.29, 0.717) is 17.2 Å². The number of carbonyl (C=O) groups excluding carboxylic acids is 1. The third-order valence-corrected chi connectivity index (χ3v) is 3.69. The average Bonchev–Trinajstić information content (AvgIpc) is 2.62. The summed E-state index contributed by atoms with van der Waals surface area (Å²) in [6.07, 6.45) is 3.86. The molecule has 0 atom stereocenters. The minimum absolute atomic E-state index is 0.361. The molecule has 3 heteroatoms. The van der Waals surface area contributed by atoms with Crippen molar-refractivity contribution in [2.45, 2.75) is 0 Å². The molecule has 0 aliphatic carbocycles. The highest BCUT2D eigenvalue weighted by Gasteiger charge is 2.11. The number of hydrogen-bond donors (Lipinski definition) is 0. The molecule has 0 unspecified atom stereocenters. The third kappa shape index (κ3) is 3.43. The van der Waals surface area contributed by atoms with E-state index in [0.717, 1.165) is 16.3 Å². The van der Waals surface area contributed by atoms with Gasteiger partial charge in [-0.1, -0.05) is 60.7 Å². The maximum atomic E-state index is 12.3. The number of ether oxygens (including phenoxy) is 1. The maximum Gasteiger partial charge on any atom is 0.343 e. The summed E-state index contributed by atoms with van der Waals surface area (Å²) in [5.74, 6) is 0.649. The molecule has 0 spiro atoms. The van der Waals surface area contributed by atoms with Gasteiger partial charge >= 0.3 is 5.97 Å². The summed E-state index contributed by atoms with van der Waals surface area (Å²) >= 11 is 5.71. The monoisotopic (exact) mass is 322 g/mol. The summed E-state index contributed by atoms with van der Waals surface area (Å²) in [5.41, 5.74) is 1.57. The van der Waals surface area contributed by atoms with Gasteiger partial charge in [0.1, 0.15) is 5.75 Å². The predicted molar refractivity (Wildman–Crippen MR) is 95.1 cm³/mol. The second-order valence-corrected chi connectivity index (χ2v) is 5.32. The predicted octanol–water partition coefficient (Wildman–Crippen LogP) is 5.31. The van der Waals surface area contributed by atoms with Crippen molar-refractivity contribution in [1.82, 2.24) is 0 Å². The summed E-state index contributed by atoms with van der Waals surface area (Å²) in [6.45, 7) is 0. The van der Waals surface area contributed by atoms with Gasteiger partial charge in [-0.25, -0.2) is 4.79 Å². The minimum atomic E-state index is -0.361. The lowest BCUT2D eigenvalue weighted by Crippen LogP contribution is -2.08. The normalized spacial score (nSPS) is 11.0. The molecule has 0 radical (unpaired) electrons. The second-order valence-electron chi connectivity index (χ2n) is 5.01. The Morgan fingerprint density at radius 2 is 1.61 bits per heavy atom. The number of allylic oxidation sites excluding steroid dienone is 1. The third-order valence-electron chi connectivity index (χ3n) is 3.52. The molecule has 0 N–H and O–H groups in total. The van der Waals surface area contributed by atoms with E-state index in [4.69, 9.17) is 16.3 Å². The highest BCUT2D eigenvalue weighted by Crippen LogP contribution is 2.30. The standard InChI is InChI=1S/C20H15ClO2/c21-14-6-9-15-12-13-19(18-11-5-4-10-17(15)18)23-20(22)16-7-2-1-3-8-16/h1-13H,14H2/b9-6+. The molecule has 0 bridgehead atoms. The molecule has 2 nitrogen and oxygen atoms in total. The van der Waals surface area contributed by atoms with Gasteiger partial charge in [-0.05, 0) is 29.1 Å². The fourth-order valence-electron chi connectivity index (χ4n) is 2.43. The SMILES string of the molecule is O=C(Oc1ccc(/C=C/CCl)c2ccccc12)c1ccccc1. The van der Waals surface area contributed by atoms with E-state index in [9.17, 15) is 4.79 Å². The van der Waals surface area contributed by atoms with Gasteiger partial charge in [0.25, 0.3) is 0 Å². The molecule has 0 heterocycles. The molecule has 0 amide bonds. The van der Waals surface area contributed by atoms with Crippen molar-refractivity contribution in [2.24, 2.45) is 0 Å². The van der Waals surface area contributed by atoms with Gasteiger partial charge in [-0.15, -0.1) is 11.6 Å². The zero-order chi connectivity index (χ0) is 16.1. The molecular weight excluding hydrogens is 308 g/mol. The first kappa shape index (κ1) is 15.3. The number of rotatable bonds is 4. The Morgan fingerprint density at radius 3 is 2.35 bits per heavy atom. The smallest absolute Gasteiger partial charge is 0.343 e. The van der Waals surface area contributed by atoms with Gasteiger partial charge < -0.3 is 4.74 Å². The molecule has 0 aromatic heterocycles. The first-order chi connectivity index (χ1) is 11.3. The number of esters is 1. The van der Waals surface area contributed by atoms with E-state index >= 15 is 0 Å². The average molecular weight is 323 g/mol. The number of alkyl halides is 1. The molecule has 0 saturated heterocycles. The van der Waals surface area contributed by atoms with E-state index in [1.807, 2.05) is 66.7 Å². The Labute approximate surface area is 140 Å². The van der Waals surface area contributed by atoms with Crippen LogP contribution < -0.4 is 4.74 Å². The van der Waals surface area contributed by atoms with Crippen LogP contribution in [0.3, 0.4) is 0 Å². The van der Waals surface area contributed by atoms with Crippen molar-refractivity contribution in [3.63, 3.8) is 0 Å². The first-order valence-corrected chi connectivity index (χ1v) is 7.84. The summed E-state index contributed by atoms with van der Waals surface area (Å²) < 4.78 is 5.58. The van der Waals surface area contributed by atoms with Crippen LogP contribution in [-0.4, -0.2) is 11.8 Å². The Morgan fingerprint density at radius 1 is 0.913 bits per heavy atom. The van der Waals surface area contributed by atoms with Gasteiger partial charge in [0.15, 0.2) is 0 Å². The van der Waals surface area contributed by atoms with Crippen LogP contribution in [0.2, 0.25) is 0 Å². The van der Waals surface area contributed by atoms with Crippen molar-refractivity contribution in [3.8, 4) is 5.75 Å². The first-order valence-electron chi connectivity index (χ1n) is 7.31. The van der Waals surface area contributed by atoms with Gasteiger partial charge in [0.2, 0.25) is 0 Å². The van der Waals surface area contributed by atoms with Crippen LogP contribution in [0.1, 0.15) is 15.9 Å². The molecular formula is C20H15ClO2. The van der Waals surface area contributed by atoms with Crippen molar-refractivity contribution in [2.75, 3.05) is 5.88 Å². The highest BCUT2D eigenvalue weighted by molar-refractivity contribution is 6.19. The molecule has 0 aliphatic heterocycles. The van der Waals surface area contributed by atoms with Gasteiger partial charge in [0, 0.05) is 11.3 Å². The zero-order valence-electron chi connectivity index (χ0n) is 12.4. The van der Waals surface area contributed by atoms with Gasteiger partial charge in [0.05, 0.1) is 5.56 Å². The molecule has 114 valence electrons. The quantitative estimate of drug-likeness (QED) is 0.369. The minimum Gasteiger partial charge on any atom is -0.422 e. The molecule has 23 heavy (non-hydrogen) atoms. The molecule has 0 saturated carbocycles. The Bertz CT molecular complexity index is 854. The van der Waals surface area contributed by atoms with Crippen molar-refractivity contribution in [1.29, 1.82) is 0 Å². The lowest BCUT2D eigenvalue weighted by atomic mass is 10.0. The lowest BCUT2D eigenvalue weighted by Gasteiger charge is -2.10. The lowest BCUT2D eigenvalue weighted by molar-refractivity contribution is 0.0737. The van der Waals surface area contributed by atoms with Crippen molar-refractivity contribution < 1.29 is 9.53 Å². The Kier molecular flexibility index (Phi) is 4.74. The van der Waals surface area contributed by atoms with Crippen LogP contribution in [0.4, 0.5) is 0 Å². The molecule has 3 rings (SSSR count). The van der Waals surface area contributed by atoms with E-state index in [2.05, 4.69) is 0 Å². The van der Waals surface area contributed by atoms with E-state index < -0.39 is 0 Å². The van der Waals surface area contributed by atoms with Crippen LogP contribution in [0, 0.1) is 0 Å². The molecule has 3 aromatic rings. The number of carbonyl (C=O) groups is 1. The summed E-state index contributed by atoms with van der Waals surface area (Å²) in [4.78, 5) is 12.3. The van der Waals surface area contributed by atoms with E-state index in [-0.39, 0.29) is 5.97 Å². The summed E-state index contributed by atoms with van der Waals surface area (Å²) in [7, 11) is 0. The topological polar surface area (TPSA) is 26.3 Å². The van der Waals surface area contributed by atoms with Gasteiger partial charge in [-0.2, -0.15) is 0 Å². The second kappa shape index (κ2) is 7.12. The van der Waals surface area contributed by atoms with Crippen molar-refractivity contribution in [3.05, 3.63) is 83.9 Å². The van der Waals surface area contributed by atoms with E-state index in [1.54, 1.807) is 12.1 Å². The fourth-order valence-corrected chi connectivity index (χ4v) is 2.52. The van der Waals surface area contributed by atoms with Gasteiger partial charge in [-0.3, -0.25) is 0 Å². The zero-order valence-corrected chi connectivity index (χ0v) is 13.2. The summed E-state index contributed by atoms with van der Waals surface area (Å²) in [5, 5.41) is 1.92. The highest BCUT2D eigenvalue weighted by atomic mass is 35.5. The van der Waals surface area contributed by atoms with Crippen LogP contribution in [0.5, 0.6) is 5.75 Å². The maximum absolute atomic E-state index is 12.3. The van der Waals surface area contributed by atoms with Crippen molar-refractivity contribution >= 4 is 34.4 Å². The van der Waals surface area contributed by atoms with E-state index in [1.165, 1.54) is 0 Å².